The van der Waals surface area contributed by atoms with E-state index in [9.17, 15) is 14.9 Å². The minimum Gasteiger partial charge on any atom is -0.326 e. The summed E-state index contributed by atoms with van der Waals surface area (Å²) in [6.07, 6.45) is 0.0958. The van der Waals surface area contributed by atoms with Crippen LogP contribution in [-0.4, -0.2) is 10.8 Å². The van der Waals surface area contributed by atoms with Gasteiger partial charge in [0.1, 0.15) is 0 Å². The number of nitrogens with zero attached hydrogens (tertiary/aromatic N) is 1. The molecule has 0 unspecified atom stereocenters. The molecule has 0 aliphatic carbocycles. The molecular formula is C15H12Cl2N2O3. The summed E-state index contributed by atoms with van der Waals surface area (Å²) in [4.78, 5) is 22.4. The summed E-state index contributed by atoms with van der Waals surface area (Å²) in [6.45, 7) is 1.64. The van der Waals surface area contributed by atoms with E-state index in [1.54, 1.807) is 37.3 Å². The zero-order valence-electron chi connectivity index (χ0n) is 11.6. The molecule has 1 amide bonds. The average molecular weight is 339 g/mol. The number of halogens is 2. The van der Waals surface area contributed by atoms with Gasteiger partial charge in [-0.15, -0.1) is 0 Å². The van der Waals surface area contributed by atoms with E-state index < -0.39 is 4.92 Å². The number of aryl methyl sites for hydroxylation is 1. The molecule has 0 heterocycles. The maximum atomic E-state index is 12.0. The van der Waals surface area contributed by atoms with Crippen molar-refractivity contribution in [3.05, 3.63) is 67.7 Å². The van der Waals surface area contributed by atoms with Crippen molar-refractivity contribution in [2.24, 2.45) is 0 Å². The molecule has 5 nitrogen and oxygen atoms in total. The number of benzene rings is 2. The van der Waals surface area contributed by atoms with Crippen LogP contribution in [0.1, 0.15) is 11.1 Å². The third-order valence-electron chi connectivity index (χ3n) is 3.04. The van der Waals surface area contributed by atoms with Crippen LogP contribution in [0.5, 0.6) is 0 Å². The first-order chi connectivity index (χ1) is 10.4. The van der Waals surface area contributed by atoms with E-state index in [4.69, 9.17) is 23.2 Å². The van der Waals surface area contributed by atoms with Gasteiger partial charge in [-0.2, -0.15) is 0 Å². The highest BCUT2D eigenvalue weighted by Crippen LogP contribution is 2.24. The summed E-state index contributed by atoms with van der Waals surface area (Å²) in [5.41, 5.74) is 1.58. The molecule has 0 fully saturated rings. The van der Waals surface area contributed by atoms with Crippen LogP contribution in [0, 0.1) is 17.0 Å². The molecule has 0 bridgehead atoms. The molecule has 22 heavy (non-hydrogen) atoms. The summed E-state index contributed by atoms with van der Waals surface area (Å²) >= 11 is 11.7. The van der Waals surface area contributed by atoms with Gasteiger partial charge in [-0.25, -0.2) is 0 Å². The van der Waals surface area contributed by atoms with Crippen molar-refractivity contribution in [2.45, 2.75) is 13.3 Å². The molecule has 1 N–H and O–H groups in total. The minimum atomic E-state index is -0.482. The Morgan fingerprint density at radius 2 is 1.91 bits per heavy atom. The van der Waals surface area contributed by atoms with E-state index >= 15 is 0 Å². The van der Waals surface area contributed by atoms with Crippen molar-refractivity contribution in [3.63, 3.8) is 0 Å². The Balaban J connectivity index is 2.10. The molecule has 7 heteroatoms. The van der Waals surface area contributed by atoms with E-state index in [1.807, 2.05) is 0 Å². The first-order valence-corrected chi connectivity index (χ1v) is 7.11. The van der Waals surface area contributed by atoms with Crippen molar-refractivity contribution in [2.75, 3.05) is 5.32 Å². The topological polar surface area (TPSA) is 72.2 Å². The highest BCUT2D eigenvalue weighted by molar-refractivity contribution is 6.42. The molecule has 0 saturated heterocycles. The predicted molar refractivity (Wildman–Crippen MR) is 86.6 cm³/mol. The normalized spacial score (nSPS) is 10.3. The zero-order valence-corrected chi connectivity index (χ0v) is 13.1. The molecule has 114 valence electrons. The van der Waals surface area contributed by atoms with Gasteiger partial charge >= 0.3 is 0 Å². The molecule has 2 aromatic rings. The van der Waals surface area contributed by atoms with Gasteiger partial charge in [-0.05, 0) is 30.7 Å². The zero-order chi connectivity index (χ0) is 16.3. The lowest BCUT2D eigenvalue weighted by Crippen LogP contribution is -2.14. The maximum absolute atomic E-state index is 12.0. The quantitative estimate of drug-likeness (QED) is 0.663. The smallest absolute Gasteiger partial charge is 0.274 e. The van der Waals surface area contributed by atoms with Crippen molar-refractivity contribution in [1.29, 1.82) is 0 Å². The Bertz CT molecular complexity index is 748. The van der Waals surface area contributed by atoms with Gasteiger partial charge in [0.05, 0.1) is 21.4 Å². The van der Waals surface area contributed by atoms with Gasteiger partial charge in [-0.1, -0.05) is 35.3 Å². The first-order valence-electron chi connectivity index (χ1n) is 6.35. The van der Waals surface area contributed by atoms with E-state index in [0.717, 1.165) is 0 Å². The molecular weight excluding hydrogens is 327 g/mol. The highest BCUT2D eigenvalue weighted by atomic mass is 35.5. The summed E-state index contributed by atoms with van der Waals surface area (Å²) in [5.74, 6) is -0.295. The van der Waals surface area contributed by atoms with Crippen LogP contribution in [0.2, 0.25) is 10.0 Å². The Morgan fingerprint density at radius 1 is 1.18 bits per heavy atom. The molecule has 0 aromatic heterocycles. The van der Waals surface area contributed by atoms with Crippen LogP contribution in [0.15, 0.2) is 36.4 Å². The lowest BCUT2D eigenvalue weighted by molar-refractivity contribution is -0.385. The van der Waals surface area contributed by atoms with Crippen LogP contribution in [-0.2, 0) is 11.2 Å². The van der Waals surface area contributed by atoms with Crippen LogP contribution >= 0.6 is 23.2 Å². The Kier molecular flexibility index (Phi) is 5.00. The van der Waals surface area contributed by atoms with Crippen molar-refractivity contribution in [3.8, 4) is 0 Å². The van der Waals surface area contributed by atoms with Crippen LogP contribution in [0.4, 0.5) is 11.4 Å². The Morgan fingerprint density at radius 3 is 2.55 bits per heavy atom. The number of nitro groups is 1. The van der Waals surface area contributed by atoms with Gasteiger partial charge < -0.3 is 5.32 Å². The van der Waals surface area contributed by atoms with Gasteiger partial charge in [0.15, 0.2) is 0 Å². The molecule has 0 aliphatic rings. The fourth-order valence-corrected chi connectivity index (χ4v) is 2.24. The average Bonchev–Trinajstić information content (AvgIpc) is 2.44. The maximum Gasteiger partial charge on any atom is 0.274 e. The number of amides is 1. The first kappa shape index (κ1) is 16.3. The number of nitro benzene ring substituents is 1. The molecule has 0 radical (unpaired) electrons. The number of carbonyl (C=O) groups excluding carboxylic acids is 1. The van der Waals surface area contributed by atoms with Crippen molar-refractivity contribution >= 4 is 40.5 Å². The fraction of sp³-hybridized carbons (Fsp3) is 0.133. The number of hydrogen-bond acceptors (Lipinski definition) is 3. The summed E-state index contributed by atoms with van der Waals surface area (Å²) in [7, 11) is 0. The Labute approximate surface area is 137 Å². The molecule has 0 aliphatic heterocycles. The second-order valence-corrected chi connectivity index (χ2v) is 5.55. The van der Waals surface area contributed by atoms with Crippen molar-refractivity contribution in [1.82, 2.24) is 0 Å². The number of rotatable bonds is 4. The van der Waals surface area contributed by atoms with Crippen LogP contribution in [0.25, 0.3) is 0 Å². The molecule has 0 spiro atoms. The van der Waals surface area contributed by atoms with Gasteiger partial charge in [0.2, 0.25) is 5.91 Å². The standard InChI is InChI=1S/C15H12Cl2N2O3/c1-9-2-4-11(8-14(9)19(21)22)18-15(20)7-10-3-5-12(16)13(17)6-10/h2-6,8H,7H2,1H3,(H,18,20). The second kappa shape index (κ2) is 6.77. The summed E-state index contributed by atoms with van der Waals surface area (Å²) in [5, 5.41) is 14.3. The Hall–Kier alpha value is -2.11. The van der Waals surface area contributed by atoms with E-state index in [1.165, 1.54) is 6.07 Å². The minimum absolute atomic E-state index is 0.0349. The lowest BCUT2D eigenvalue weighted by Gasteiger charge is -2.07. The third kappa shape index (κ3) is 3.96. The van der Waals surface area contributed by atoms with E-state index in [2.05, 4.69) is 5.32 Å². The van der Waals surface area contributed by atoms with E-state index in [0.29, 0.717) is 26.9 Å². The SMILES string of the molecule is Cc1ccc(NC(=O)Cc2ccc(Cl)c(Cl)c2)cc1[N+](=O)[O-]. The monoisotopic (exact) mass is 338 g/mol. The summed E-state index contributed by atoms with van der Waals surface area (Å²) in [6, 6.07) is 9.47. The highest BCUT2D eigenvalue weighted by Gasteiger charge is 2.13. The number of hydrogen-bond donors (Lipinski definition) is 1. The van der Waals surface area contributed by atoms with Crippen molar-refractivity contribution < 1.29 is 9.72 Å². The van der Waals surface area contributed by atoms with Crippen LogP contribution in [0.3, 0.4) is 0 Å². The molecule has 0 atom stereocenters. The van der Waals surface area contributed by atoms with Gasteiger partial charge in [0.25, 0.3) is 5.69 Å². The number of carbonyl (C=O) groups is 1. The molecule has 0 saturated carbocycles. The van der Waals surface area contributed by atoms with E-state index in [-0.39, 0.29) is 18.0 Å². The van der Waals surface area contributed by atoms with Gasteiger partial charge in [-0.3, -0.25) is 14.9 Å². The largest absolute Gasteiger partial charge is 0.326 e. The second-order valence-electron chi connectivity index (χ2n) is 4.73. The molecule has 2 rings (SSSR count). The third-order valence-corrected chi connectivity index (χ3v) is 3.78. The fourth-order valence-electron chi connectivity index (χ4n) is 1.92. The summed E-state index contributed by atoms with van der Waals surface area (Å²) < 4.78 is 0. The van der Waals surface area contributed by atoms with Crippen LogP contribution < -0.4 is 5.32 Å². The number of anilines is 1. The predicted octanol–water partition coefficient (Wildman–Crippen LogP) is 4.39. The van der Waals surface area contributed by atoms with Gasteiger partial charge in [0, 0.05) is 17.3 Å². The molecule has 2 aromatic carbocycles. The number of nitrogens with one attached hydrogen (secondary N) is 1. The lowest BCUT2D eigenvalue weighted by atomic mass is 10.1.